The van der Waals surface area contributed by atoms with E-state index in [-0.39, 0.29) is 5.92 Å². The quantitative estimate of drug-likeness (QED) is 0.185. The van der Waals surface area contributed by atoms with Gasteiger partial charge in [0.25, 0.3) is 0 Å². The molecule has 9 aromatic rings. The average Bonchev–Trinajstić information content (AvgIpc) is 3.60. The lowest BCUT2D eigenvalue weighted by molar-refractivity contribution is 0.669. The number of hydrogen-bond acceptors (Lipinski definition) is 4. The molecule has 242 valence electrons. The minimum absolute atomic E-state index is 0.0912. The predicted octanol–water partition coefficient (Wildman–Crippen LogP) is 11.9. The number of aromatic nitrogens is 4. The van der Waals surface area contributed by atoms with E-state index in [0.29, 0.717) is 11.6 Å². The minimum Gasteiger partial charge on any atom is -0.455 e. The fourth-order valence-corrected chi connectivity index (χ4v) is 7.57. The molecule has 0 saturated carbocycles. The van der Waals surface area contributed by atoms with Gasteiger partial charge in [0.2, 0.25) is 0 Å². The topological polar surface area (TPSA) is 56.7 Å². The van der Waals surface area contributed by atoms with Gasteiger partial charge >= 0.3 is 0 Å². The molecule has 0 amide bonds. The molecule has 51 heavy (non-hydrogen) atoms. The third kappa shape index (κ3) is 4.97. The van der Waals surface area contributed by atoms with Crippen LogP contribution in [0.1, 0.15) is 24.6 Å². The van der Waals surface area contributed by atoms with Gasteiger partial charge in [-0.15, -0.1) is 0 Å². The predicted molar refractivity (Wildman–Crippen MR) is 208 cm³/mol. The fourth-order valence-electron chi connectivity index (χ4n) is 7.57. The third-order valence-corrected chi connectivity index (χ3v) is 10.0. The van der Waals surface area contributed by atoms with E-state index in [1.807, 2.05) is 18.2 Å². The summed E-state index contributed by atoms with van der Waals surface area (Å²) in [6.45, 7) is 0. The minimum atomic E-state index is 0.0912. The van der Waals surface area contributed by atoms with Crippen molar-refractivity contribution in [2.45, 2.75) is 18.8 Å². The summed E-state index contributed by atoms with van der Waals surface area (Å²) in [5.74, 6) is 2.15. The van der Waals surface area contributed by atoms with Gasteiger partial charge < -0.3 is 8.98 Å². The van der Waals surface area contributed by atoms with Crippen LogP contribution in [0.15, 0.2) is 168 Å². The lowest BCUT2D eigenvalue weighted by Gasteiger charge is -2.13. The zero-order valence-electron chi connectivity index (χ0n) is 27.8. The summed E-state index contributed by atoms with van der Waals surface area (Å²) >= 11 is 0. The second-order valence-corrected chi connectivity index (χ2v) is 13.1. The molecule has 0 spiro atoms. The van der Waals surface area contributed by atoms with E-state index in [9.17, 15) is 0 Å². The van der Waals surface area contributed by atoms with Gasteiger partial charge in [-0.25, -0.2) is 15.0 Å². The molecule has 10 rings (SSSR count). The van der Waals surface area contributed by atoms with Gasteiger partial charge in [-0.1, -0.05) is 127 Å². The Morgan fingerprint density at radius 2 is 1.22 bits per heavy atom. The number of furan rings is 1. The van der Waals surface area contributed by atoms with Crippen LogP contribution in [0.5, 0.6) is 0 Å². The normalized spacial score (nSPS) is 14.5. The molecule has 0 bridgehead atoms. The molecule has 3 heterocycles. The summed E-state index contributed by atoms with van der Waals surface area (Å²) in [5, 5.41) is 4.52. The molecular formula is C46H32N4O. The SMILES string of the molecule is C1=CCCC(c2nc(-c3ccccc3)nc(-c3cccc4c3oc3c(-c5ccc6c(c5)c5ccccc5n6-c5ccccc5)cccc34)n2)C=C1. The largest absolute Gasteiger partial charge is 0.455 e. The van der Waals surface area contributed by atoms with Gasteiger partial charge in [-0.3, -0.25) is 0 Å². The van der Waals surface area contributed by atoms with E-state index in [1.165, 1.54) is 21.8 Å². The first-order valence-corrected chi connectivity index (χ1v) is 17.5. The summed E-state index contributed by atoms with van der Waals surface area (Å²) in [6, 6.07) is 48.8. The summed E-state index contributed by atoms with van der Waals surface area (Å²) in [5.41, 5.74) is 9.09. The van der Waals surface area contributed by atoms with E-state index in [0.717, 1.165) is 68.5 Å². The Morgan fingerprint density at radius 3 is 2.06 bits per heavy atom. The van der Waals surface area contributed by atoms with Crippen LogP contribution < -0.4 is 0 Å². The average molecular weight is 657 g/mol. The highest BCUT2D eigenvalue weighted by Crippen LogP contribution is 2.41. The number of nitrogens with zero attached hydrogens (tertiary/aromatic N) is 4. The van der Waals surface area contributed by atoms with E-state index in [2.05, 4.69) is 150 Å². The molecule has 0 fully saturated rings. The molecule has 5 heteroatoms. The molecule has 1 aliphatic carbocycles. The van der Waals surface area contributed by atoms with E-state index in [1.54, 1.807) is 0 Å². The van der Waals surface area contributed by atoms with Crippen molar-refractivity contribution in [3.8, 4) is 39.6 Å². The van der Waals surface area contributed by atoms with Gasteiger partial charge in [0.1, 0.15) is 17.0 Å². The van der Waals surface area contributed by atoms with Crippen LogP contribution in [0.4, 0.5) is 0 Å². The molecule has 0 saturated heterocycles. The van der Waals surface area contributed by atoms with Crippen molar-refractivity contribution in [2.75, 3.05) is 0 Å². The second-order valence-electron chi connectivity index (χ2n) is 13.1. The van der Waals surface area contributed by atoms with Gasteiger partial charge in [0.15, 0.2) is 11.6 Å². The molecule has 1 aliphatic rings. The van der Waals surface area contributed by atoms with Crippen molar-refractivity contribution in [2.24, 2.45) is 0 Å². The fraction of sp³-hybridized carbons (Fsp3) is 0.0652. The van der Waals surface area contributed by atoms with Crippen LogP contribution >= 0.6 is 0 Å². The molecule has 3 aromatic heterocycles. The Labute approximate surface area is 294 Å². The number of allylic oxidation sites excluding steroid dienone is 4. The Kier molecular flexibility index (Phi) is 6.95. The van der Waals surface area contributed by atoms with Crippen molar-refractivity contribution < 1.29 is 4.42 Å². The zero-order valence-corrected chi connectivity index (χ0v) is 27.8. The van der Waals surface area contributed by atoms with Crippen LogP contribution in [0, 0.1) is 0 Å². The van der Waals surface area contributed by atoms with Crippen molar-refractivity contribution >= 4 is 43.7 Å². The number of para-hydroxylation sites is 4. The Bertz CT molecular complexity index is 2810. The van der Waals surface area contributed by atoms with Crippen LogP contribution in [0.3, 0.4) is 0 Å². The van der Waals surface area contributed by atoms with E-state index >= 15 is 0 Å². The van der Waals surface area contributed by atoms with Gasteiger partial charge in [-0.2, -0.15) is 0 Å². The molecule has 0 radical (unpaired) electrons. The second kappa shape index (κ2) is 12.1. The smallest absolute Gasteiger partial charge is 0.167 e. The third-order valence-electron chi connectivity index (χ3n) is 10.0. The summed E-state index contributed by atoms with van der Waals surface area (Å²) in [4.78, 5) is 15.2. The standard InChI is InChI=1S/C46H32N4O/c1-2-6-16-30(15-5-1)44-47-45(31-17-7-3-8-18-31)49-46(48-44)38-25-14-24-37-36-23-13-22-34(42(36)51-43(37)38)32-27-28-41-39(29-32)35-21-11-12-26-40(35)50(41)33-19-9-4-10-20-33/h1-5,7-15,17-30H,6,16H2. The monoisotopic (exact) mass is 656 g/mol. The van der Waals surface area contributed by atoms with Crippen LogP contribution in [-0.2, 0) is 0 Å². The summed E-state index contributed by atoms with van der Waals surface area (Å²) in [7, 11) is 0. The van der Waals surface area contributed by atoms with E-state index in [4.69, 9.17) is 19.4 Å². The number of benzene rings is 6. The van der Waals surface area contributed by atoms with E-state index < -0.39 is 0 Å². The Hall–Kier alpha value is -6.59. The lowest BCUT2D eigenvalue weighted by atomic mass is 10.00. The molecule has 1 unspecified atom stereocenters. The van der Waals surface area contributed by atoms with Crippen LogP contribution in [-0.4, -0.2) is 19.5 Å². The van der Waals surface area contributed by atoms with Crippen LogP contribution in [0.25, 0.3) is 83.3 Å². The Balaban J connectivity index is 1.15. The first-order valence-electron chi connectivity index (χ1n) is 17.5. The van der Waals surface area contributed by atoms with Gasteiger partial charge in [0, 0.05) is 44.3 Å². The molecule has 6 aromatic carbocycles. The van der Waals surface area contributed by atoms with Gasteiger partial charge in [0.05, 0.1) is 16.6 Å². The van der Waals surface area contributed by atoms with Crippen LogP contribution in [0.2, 0.25) is 0 Å². The maximum Gasteiger partial charge on any atom is 0.167 e. The van der Waals surface area contributed by atoms with Crippen molar-refractivity contribution in [3.05, 3.63) is 170 Å². The number of rotatable bonds is 5. The Morgan fingerprint density at radius 1 is 0.529 bits per heavy atom. The van der Waals surface area contributed by atoms with Gasteiger partial charge in [-0.05, 0) is 54.8 Å². The first-order chi connectivity index (χ1) is 25.3. The molecule has 5 nitrogen and oxygen atoms in total. The number of fused-ring (bicyclic) bond motifs is 6. The molecule has 0 aliphatic heterocycles. The maximum atomic E-state index is 6.92. The number of hydrogen-bond donors (Lipinski definition) is 0. The first kappa shape index (κ1) is 29.3. The highest BCUT2D eigenvalue weighted by Gasteiger charge is 2.22. The van der Waals surface area contributed by atoms with Crippen molar-refractivity contribution in [1.82, 2.24) is 19.5 Å². The van der Waals surface area contributed by atoms with Crippen molar-refractivity contribution in [3.63, 3.8) is 0 Å². The molecule has 0 N–H and O–H groups in total. The highest BCUT2D eigenvalue weighted by atomic mass is 16.3. The zero-order chi connectivity index (χ0) is 33.7. The highest BCUT2D eigenvalue weighted by molar-refractivity contribution is 6.14. The molecule has 1 atom stereocenters. The van der Waals surface area contributed by atoms with Crippen molar-refractivity contribution in [1.29, 1.82) is 0 Å². The summed E-state index contributed by atoms with van der Waals surface area (Å²) in [6.07, 6.45) is 10.5. The maximum absolute atomic E-state index is 6.92. The molecular weight excluding hydrogens is 625 g/mol. The lowest BCUT2D eigenvalue weighted by Crippen LogP contribution is -2.07. The summed E-state index contributed by atoms with van der Waals surface area (Å²) < 4.78 is 9.26.